The summed E-state index contributed by atoms with van der Waals surface area (Å²) in [6.07, 6.45) is 13.5. The second-order valence-corrected chi connectivity index (χ2v) is 12.4. The van der Waals surface area contributed by atoms with Gasteiger partial charge >= 0.3 is 0 Å². The maximum atomic E-state index is 11.7. The van der Waals surface area contributed by atoms with Crippen LogP contribution in [0.3, 0.4) is 0 Å². The number of rotatable bonds is 5. The topological polar surface area (TPSA) is 91.3 Å². The van der Waals surface area contributed by atoms with Gasteiger partial charge in [-0.2, -0.15) is 10.4 Å². The Morgan fingerprint density at radius 1 is 1.18 bits per heavy atom. The minimum Gasteiger partial charge on any atom is -0.388 e. The SMILES string of the molecule is COC[C@@]1(O)CC[C@H]2[C@@H](CC[C@@H]3[C@@H]2CC[C@]2(C)C([C@@](C)(O)Cn4cc(C#N)cn4)CC[C@@H]32)C1. The van der Waals surface area contributed by atoms with Gasteiger partial charge in [0.2, 0.25) is 0 Å². The van der Waals surface area contributed by atoms with Gasteiger partial charge in [0.1, 0.15) is 6.07 Å². The first-order chi connectivity index (χ1) is 15.7. The van der Waals surface area contributed by atoms with Crippen LogP contribution in [-0.4, -0.2) is 44.9 Å². The van der Waals surface area contributed by atoms with Gasteiger partial charge in [-0.25, -0.2) is 0 Å². The van der Waals surface area contributed by atoms with E-state index in [2.05, 4.69) is 18.1 Å². The first-order valence-corrected chi connectivity index (χ1v) is 13.1. The third-order valence-corrected chi connectivity index (χ3v) is 10.5. The van der Waals surface area contributed by atoms with Crippen molar-refractivity contribution in [3.63, 3.8) is 0 Å². The van der Waals surface area contributed by atoms with Gasteiger partial charge in [0.25, 0.3) is 0 Å². The van der Waals surface area contributed by atoms with Crippen molar-refractivity contribution in [2.75, 3.05) is 13.7 Å². The molecule has 1 unspecified atom stereocenters. The van der Waals surface area contributed by atoms with E-state index in [0.717, 1.165) is 43.4 Å². The zero-order valence-corrected chi connectivity index (χ0v) is 20.5. The number of nitriles is 1. The number of fused-ring (bicyclic) bond motifs is 5. The van der Waals surface area contributed by atoms with Crippen LogP contribution in [-0.2, 0) is 11.3 Å². The van der Waals surface area contributed by atoms with Crippen molar-refractivity contribution in [2.45, 2.75) is 89.4 Å². The van der Waals surface area contributed by atoms with Crippen LogP contribution in [0.1, 0.15) is 77.2 Å². The van der Waals surface area contributed by atoms with E-state index >= 15 is 0 Å². The maximum absolute atomic E-state index is 11.7. The fraction of sp³-hybridized carbons (Fsp3) is 0.852. The van der Waals surface area contributed by atoms with E-state index in [4.69, 9.17) is 10.00 Å². The highest BCUT2D eigenvalue weighted by Gasteiger charge is 2.60. The molecule has 4 fully saturated rings. The summed E-state index contributed by atoms with van der Waals surface area (Å²) < 4.78 is 7.08. The second kappa shape index (κ2) is 8.36. The van der Waals surface area contributed by atoms with Crippen LogP contribution in [0, 0.1) is 52.3 Å². The van der Waals surface area contributed by atoms with Gasteiger partial charge in [0.05, 0.1) is 36.1 Å². The standard InChI is InChI=1S/C27H41N3O3/c1-25-10-8-21-20-9-11-27(32,17-33-3)12-19(20)4-5-22(21)23(25)6-7-24(25)26(2,31)16-30-15-18(13-28)14-29-30/h14-15,19-24,31-32H,4-12,16-17H2,1-3H3/t19-,20-,21+,22+,23-,24?,25-,26-,27+/m0/s1. The molecule has 9 atom stereocenters. The molecule has 4 aliphatic carbocycles. The quantitative estimate of drug-likeness (QED) is 0.696. The fourth-order valence-electron chi connectivity index (χ4n) is 9.33. The van der Waals surface area contributed by atoms with Gasteiger partial charge < -0.3 is 14.9 Å². The summed E-state index contributed by atoms with van der Waals surface area (Å²) in [6.45, 7) is 5.35. The van der Waals surface area contributed by atoms with Crippen LogP contribution in [0.2, 0.25) is 0 Å². The van der Waals surface area contributed by atoms with Crippen LogP contribution < -0.4 is 0 Å². The summed E-state index contributed by atoms with van der Waals surface area (Å²) in [5.74, 6) is 3.86. The average Bonchev–Trinajstić information content (AvgIpc) is 3.36. The molecule has 0 aliphatic heterocycles. The van der Waals surface area contributed by atoms with Crippen molar-refractivity contribution in [3.05, 3.63) is 18.0 Å². The Morgan fingerprint density at radius 3 is 2.70 bits per heavy atom. The predicted octanol–water partition coefficient (Wildman–Crippen LogP) is 4.15. The van der Waals surface area contributed by atoms with E-state index in [1.807, 2.05) is 6.92 Å². The molecule has 6 nitrogen and oxygen atoms in total. The molecule has 0 radical (unpaired) electrons. The van der Waals surface area contributed by atoms with Gasteiger partial charge in [0.15, 0.2) is 0 Å². The van der Waals surface area contributed by atoms with Gasteiger partial charge in [-0.15, -0.1) is 0 Å². The number of hydrogen-bond donors (Lipinski definition) is 2. The number of aliphatic hydroxyl groups is 2. The highest BCUT2D eigenvalue weighted by atomic mass is 16.5. The lowest BCUT2D eigenvalue weighted by Crippen LogP contribution is -2.54. The number of aromatic nitrogens is 2. The minimum atomic E-state index is -0.840. The smallest absolute Gasteiger partial charge is 0.102 e. The summed E-state index contributed by atoms with van der Waals surface area (Å²) in [6, 6.07) is 2.13. The molecule has 1 aromatic rings. The van der Waals surface area contributed by atoms with Crippen LogP contribution >= 0.6 is 0 Å². The Kier molecular flexibility index (Phi) is 5.91. The molecule has 4 saturated carbocycles. The second-order valence-electron chi connectivity index (χ2n) is 12.4. The first-order valence-electron chi connectivity index (χ1n) is 13.1. The van der Waals surface area contributed by atoms with Gasteiger partial charge in [-0.1, -0.05) is 6.92 Å². The maximum Gasteiger partial charge on any atom is 0.102 e. The summed E-state index contributed by atoms with van der Waals surface area (Å²) in [5, 5.41) is 36.1. The van der Waals surface area contributed by atoms with E-state index < -0.39 is 11.2 Å². The van der Waals surface area contributed by atoms with E-state index in [-0.39, 0.29) is 11.3 Å². The van der Waals surface area contributed by atoms with E-state index in [9.17, 15) is 10.2 Å². The Balaban J connectivity index is 1.31. The Hall–Kier alpha value is -1.42. The van der Waals surface area contributed by atoms with Crippen molar-refractivity contribution >= 4 is 0 Å². The van der Waals surface area contributed by atoms with E-state index in [1.165, 1.54) is 32.1 Å². The van der Waals surface area contributed by atoms with E-state index in [0.29, 0.717) is 30.6 Å². The van der Waals surface area contributed by atoms with Crippen molar-refractivity contribution < 1.29 is 14.9 Å². The lowest BCUT2D eigenvalue weighted by molar-refractivity contribution is -0.138. The van der Waals surface area contributed by atoms with Crippen molar-refractivity contribution in [1.29, 1.82) is 5.26 Å². The predicted molar refractivity (Wildman–Crippen MR) is 125 cm³/mol. The summed E-state index contributed by atoms with van der Waals surface area (Å²) in [4.78, 5) is 0. The van der Waals surface area contributed by atoms with Crippen LogP contribution in [0.4, 0.5) is 0 Å². The average molecular weight is 456 g/mol. The Morgan fingerprint density at radius 2 is 1.97 bits per heavy atom. The van der Waals surface area contributed by atoms with Gasteiger partial charge in [0, 0.05) is 13.3 Å². The zero-order chi connectivity index (χ0) is 23.4. The third-order valence-electron chi connectivity index (χ3n) is 10.5. The highest BCUT2D eigenvalue weighted by molar-refractivity contribution is 5.21. The summed E-state index contributed by atoms with van der Waals surface area (Å²) in [5.41, 5.74) is -0.758. The van der Waals surface area contributed by atoms with Crippen LogP contribution in [0.15, 0.2) is 12.4 Å². The fourth-order valence-corrected chi connectivity index (χ4v) is 9.33. The molecule has 182 valence electrons. The molecule has 4 aliphatic rings. The molecule has 0 amide bonds. The molecule has 1 aromatic heterocycles. The lowest BCUT2D eigenvalue weighted by atomic mass is 9.48. The largest absolute Gasteiger partial charge is 0.388 e. The molecule has 5 rings (SSSR count). The van der Waals surface area contributed by atoms with Gasteiger partial charge in [-0.3, -0.25) is 4.68 Å². The van der Waals surface area contributed by atoms with Gasteiger partial charge in [-0.05, 0) is 106 Å². The Labute approximate surface area is 198 Å². The van der Waals surface area contributed by atoms with Crippen molar-refractivity contribution in [3.8, 4) is 6.07 Å². The first kappa shape index (κ1) is 23.3. The molecular weight excluding hydrogens is 414 g/mol. The van der Waals surface area contributed by atoms with Crippen LogP contribution in [0.5, 0.6) is 0 Å². The van der Waals surface area contributed by atoms with E-state index in [1.54, 1.807) is 24.2 Å². The molecule has 33 heavy (non-hydrogen) atoms. The molecular formula is C27H41N3O3. The Bertz CT molecular complexity index is 907. The monoisotopic (exact) mass is 455 g/mol. The molecule has 0 saturated heterocycles. The molecule has 6 heteroatoms. The number of nitrogens with zero attached hydrogens (tertiary/aromatic N) is 3. The third kappa shape index (κ3) is 3.94. The molecule has 2 N–H and O–H groups in total. The lowest BCUT2D eigenvalue weighted by Gasteiger charge is -2.58. The summed E-state index contributed by atoms with van der Waals surface area (Å²) >= 11 is 0. The number of ether oxygens (including phenoxy) is 1. The van der Waals surface area contributed by atoms with Crippen LogP contribution in [0.25, 0.3) is 0 Å². The highest BCUT2D eigenvalue weighted by Crippen LogP contribution is 2.66. The van der Waals surface area contributed by atoms with Crippen molar-refractivity contribution in [1.82, 2.24) is 9.78 Å². The summed E-state index contributed by atoms with van der Waals surface area (Å²) in [7, 11) is 1.70. The molecule has 1 heterocycles. The number of methoxy groups -OCH3 is 1. The molecule has 0 bridgehead atoms. The number of hydrogen-bond acceptors (Lipinski definition) is 5. The normalized spacial score (nSPS) is 44.2. The molecule has 0 spiro atoms. The minimum absolute atomic E-state index is 0.161. The zero-order valence-electron chi connectivity index (χ0n) is 20.5. The molecule has 0 aromatic carbocycles. The van der Waals surface area contributed by atoms with Crippen molar-refractivity contribution in [2.24, 2.45) is 40.9 Å².